The summed E-state index contributed by atoms with van der Waals surface area (Å²) in [6.07, 6.45) is 4.10. The Balaban J connectivity index is 1.52. The number of benzene rings is 1. The van der Waals surface area contributed by atoms with Gasteiger partial charge in [0.25, 0.3) is 0 Å². The average Bonchev–Trinajstić information content (AvgIpc) is 2.73. The van der Waals surface area contributed by atoms with E-state index in [9.17, 15) is 13.2 Å². The molecule has 3 rings (SSSR count). The van der Waals surface area contributed by atoms with E-state index in [-0.39, 0.29) is 5.91 Å². The number of aryl methyl sites for hydroxylation is 1. The van der Waals surface area contributed by atoms with Gasteiger partial charge in [-0.3, -0.25) is 4.79 Å². The molecule has 2 aliphatic rings. The molecule has 0 N–H and O–H groups in total. The topological polar surface area (TPSA) is 60.9 Å². The lowest BCUT2D eigenvalue weighted by molar-refractivity contribution is -0.132. The van der Waals surface area contributed by atoms with E-state index in [1.54, 1.807) is 16.4 Å². The maximum atomic E-state index is 12.7. The highest BCUT2D eigenvalue weighted by Crippen LogP contribution is 2.21. The molecule has 0 saturated carbocycles. The molecule has 2 aliphatic heterocycles. The van der Waals surface area contributed by atoms with Crippen LogP contribution < -0.4 is 0 Å². The van der Waals surface area contributed by atoms with Gasteiger partial charge in [-0.25, -0.2) is 8.42 Å². The quantitative estimate of drug-likeness (QED) is 0.741. The molecule has 7 heteroatoms. The minimum Gasteiger partial charge on any atom is -0.340 e. The first-order chi connectivity index (χ1) is 13.0. The van der Waals surface area contributed by atoms with Crippen LogP contribution >= 0.6 is 0 Å². The lowest BCUT2D eigenvalue weighted by atomic mass is 10.1. The second-order valence-electron chi connectivity index (χ2n) is 7.42. The van der Waals surface area contributed by atoms with Crippen LogP contribution in [0.4, 0.5) is 0 Å². The molecule has 1 aromatic rings. The Hall–Kier alpha value is -1.44. The fourth-order valence-corrected chi connectivity index (χ4v) is 5.32. The van der Waals surface area contributed by atoms with Gasteiger partial charge >= 0.3 is 0 Å². The fraction of sp³-hybridized carbons (Fsp3) is 0.650. The van der Waals surface area contributed by atoms with Crippen molar-refractivity contribution in [3.05, 3.63) is 29.8 Å². The van der Waals surface area contributed by atoms with E-state index in [0.29, 0.717) is 30.8 Å². The standard InChI is InChI=1S/C20H31N3O3S/c1-2-21-14-16-22(17-15-21)20(24)11-8-18-6-9-19(10-7-18)27(25,26)23-12-4-3-5-13-23/h6-7,9-10H,2-5,8,11-17H2,1H3. The minimum atomic E-state index is -3.38. The summed E-state index contributed by atoms with van der Waals surface area (Å²) in [6.45, 7) is 7.92. The number of nitrogens with zero attached hydrogens (tertiary/aromatic N) is 3. The summed E-state index contributed by atoms with van der Waals surface area (Å²) in [6, 6.07) is 7.06. The van der Waals surface area contributed by atoms with Gasteiger partial charge in [0.2, 0.25) is 15.9 Å². The molecule has 27 heavy (non-hydrogen) atoms. The Morgan fingerprint density at radius 2 is 1.56 bits per heavy atom. The summed E-state index contributed by atoms with van der Waals surface area (Å²) < 4.78 is 27.0. The lowest BCUT2D eigenvalue weighted by Crippen LogP contribution is -2.48. The molecule has 0 aliphatic carbocycles. The molecular weight excluding hydrogens is 362 g/mol. The van der Waals surface area contributed by atoms with Gasteiger partial charge < -0.3 is 9.80 Å². The predicted molar refractivity (Wildman–Crippen MR) is 106 cm³/mol. The summed E-state index contributed by atoms with van der Waals surface area (Å²) >= 11 is 0. The zero-order valence-electron chi connectivity index (χ0n) is 16.3. The van der Waals surface area contributed by atoms with Crippen LogP contribution in [0.5, 0.6) is 0 Å². The Labute approximate surface area is 163 Å². The van der Waals surface area contributed by atoms with Crippen LogP contribution in [0.3, 0.4) is 0 Å². The molecule has 2 heterocycles. The number of amides is 1. The summed E-state index contributed by atoms with van der Waals surface area (Å²) in [5.74, 6) is 0.191. The third-order valence-corrected chi connectivity index (χ3v) is 7.59. The molecule has 0 bridgehead atoms. The maximum absolute atomic E-state index is 12.7. The van der Waals surface area contributed by atoms with Crippen molar-refractivity contribution in [1.29, 1.82) is 0 Å². The number of piperazine rings is 1. The van der Waals surface area contributed by atoms with Crippen LogP contribution in [0.1, 0.15) is 38.2 Å². The number of hydrogen-bond acceptors (Lipinski definition) is 4. The zero-order chi connectivity index (χ0) is 19.3. The molecule has 1 amide bonds. The second-order valence-corrected chi connectivity index (χ2v) is 9.36. The molecular formula is C20H31N3O3S. The van der Waals surface area contributed by atoms with Gasteiger partial charge in [-0.2, -0.15) is 4.31 Å². The van der Waals surface area contributed by atoms with E-state index in [1.165, 1.54) is 0 Å². The van der Waals surface area contributed by atoms with Gasteiger partial charge in [0.1, 0.15) is 0 Å². The third kappa shape index (κ3) is 5.09. The van der Waals surface area contributed by atoms with Crippen molar-refractivity contribution in [3.8, 4) is 0 Å². The minimum absolute atomic E-state index is 0.191. The first-order valence-electron chi connectivity index (χ1n) is 10.1. The zero-order valence-corrected chi connectivity index (χ0v) is 17.1. The number of hydrogen-bond donors (Lipinski definition) is 0. The highest BCUT2D eigenvalue weighted by atomic mass is 32.2. The summed E-state index contributed by atoms with van der Waals surface area (Å²) in [5.41, 5.74) is 1.01. The number of sulfonamides is 1. The fourth-order valence-electron chi connectivity index (χ4n) is 3.81. The average molecular weight is 394 g/mol. The van der Waals surface area contributed by atoms with Crippen molar-refractivity contribution in [3.63, 3.8) is 0 Å². The van der Waals surface area contributed by atoms with Crippen molar-refractivity contribution < 1.29 is 13.2 Å². The molecule has 150 valence electrons. The first-order valence-corrected chi connectivity index (χ1v) is 11.5. The second kappa shape index (κ2) is 9.17. The molecule has 1 aromatic carbocycles. The van der Waals surface area contributed by atoms with Crippen molar-refractivity contribution in [2.24, 2.45) is 0 Å². The summed E-state index contributed by atoms with van der Waals surface area (Å²) in [5, 5.41) is 0. The highest BCUT2D eigenvalue weighted by molar-refractivity contribution is 7.89. The van der Waals surface area contributed by atoms with Gasteiger partial charge in [0.05, 0.1) is 4.90 Å². The van der Waals surface area contributed by atoms with E-state index in [2.05, 4.69) is 11.8 Å². The van der Waals surface area contributed by atoms with Crippen LogP contribution in [0.2, 0.25) is 0 Å². The maximum Gasteiger partial charge on any atom is 0.243 e. The number of piperidine rings is 1. The monoisotopic (exact) mass is 393 g/mol. The normalized spacial score (nSPS) is 20.0. The smallest absolute Gasteiger partial charge is 0.243 e. The van der Waals surface area contributed by atoms with Crippen molar-refractivity contribution >= 4 is 15.9 Å². The highest BCUT2D eigenvalue weighted by Gasteiger charge is 2.25. The van der Waals surface area contributed by atoms with Crippen LogP contribution in [-0.4, -0.2) is 74.2 Å². The molecule has 0 radical (unpaired) electrons. The van der Waals surface area contributed by atoms with Crippen LogP contribution in [0, 0.1) is 0 Å². The van der Waals surface area contributed by atoms with Gasteiger partial charge in [0.15, 0.2) is 0 Å². The number of rotatable bonds is 6. The van der Waals surface area contributed by atoms with Crippen molar-refractivity contribution in [1.82, 2.24) is 14.1 Å². The van der Waals surface area contributed by atoms with Crippen LogP contribution in [0.25, 0.3) is 0 Å². The van der Waals surface area contributed by atoms with Crippen molar-refractivity contribution in [2.45, 2.75) is 43.9 Å². The number of carbonyl (C=O) groups excluding carboxylic acids is 1. The molecule has 2 saturated heterocycles. The van der Waals surface area contributed by atoms with Gasteiger partial charge in [-0.1, -0.05) is 25.5 Å². The van der Waals surface area contributed by atoms with Crippen LogP contribution in [-0.2, 0) is 21.2 Å². The third-order valence-electron chi connectivity index (χ3n) is 5.68. The van der Waals surface area contributed by atoms with Gasteiger partial charge in [0, 0.05) is 45.7 Å². The Morgan fingerprint density at radius 1 is 0.926 bits per heavy atom. The van der Waals surface area contributed by atoms with E-state index in [4.69, 9.17) is 0 Å². The number of carbonyl (C=O) groups is 1. The molecule has 0 unspecified atom stereocenters. The Bertz CT molecular complexity index is 719. The van der Waals surface area contributed by atoms with E-state index in [1.807, 2.05) is 17.0 Å². The van der Waals surface area contributed by atoms with Gasteiger partial charge in [-0.05, 0) is 43.5 Å². The van der Waals surface area contributed by atoms with Crippen molar-refractivity contribution in [2.75, 3.05) is 45.8 Å². The molecule has 2 fully saturated rings. The Morgan fingerprint density at radius 3 is 2.15 bits per heavy atom. The Kier molecular flexibility index (Phi) is 6.89. The lowest BCUT2D eigenvalue weighted by Gasteiger charge is -2.34. The SMILES string of the molecule is CCN1CCN(C(=O)CCc2ccc(S(=O)(=O)N3CCCCC3)cc2)CC1. The van der Waals surface area contributed by atoms with Crippen LogP contribution in [0.15, 0.2) is 29.2 Å². The van der Waals surface area contributed by atoms with Gasteiger partial charge in [-0.15, -0.1) is 0 Å². The first kappa shape index (κ1) is 20.3. The van der Waals surface area contributed by atoms with E-state index >= 15 is 0 Å². The molecule has 0 aromatic heterocycles. The van der Waals surface area contributed by atoms with E-state index < -0.39 is 10.0 Å². The summed E-state index contributed by atoms with van der Waals surface area (Å²) in [4.78, 5) is 17.1. The number of likely N-dealkylation sites (N-methyl/N-ethyl adjacent to an activating group) is 1. The molecule has 0 spiro atoms. The van der Waals surface area contributed by atoms with E-state index in [0.717, 1.165) is 57.5 Å². The predicted octanol–water partition coefficient (Wildman–Crippen LogP) is 1.96. The molecule has 0 atom stereocenters. The summed E-state index contributed by atoms with van der Waals surface area (Å²) in [7, 11) is -3.38. The largest absolute Gasteiger partial charge is 0.340 e. The molecule has 6 nitrogen and oxygen atoms in total.